The zero-order valence-corrected chi connectivity index (χ0v) is 11.6. The first-order chi connectivity index (χ1) is 8.15. The third kappa shape index (κ3) is 3.41. The fourth-order valence-corrected chi connectivity index (χ4v) is 2.30. The van der Waals surface area contributed by atoms with Gasteiger partial charge in [-0.1, -0.05) is 0 Å². The van der Waals surface area contributed by atoms with E-state index >= 15 is 0 Å². The number of nitrogens with one attached hydrogen (secondary N) is 1. The van der Waals surface area contributed by atoms with Crippen LogP contribution in [0.15, 0.2) is 26.6 Å². The van der Waals surface area contributed by atoms with Crippen LogP contribution in [0.25, 0.3) is 0 Å². The van der Waals surface area contributed by atoms with Gasteiger partial charge in [-0.25, -0.2) is 4.98 Å². The summed E-state index contributed by atoms with van der Waals surface area (Å²) in [5, 5.41) is 5.83. The number of carbonyl (C=O) groups excluding carboxylic acids is 1. The van der Waals surface area contributed by atoms with E-state index in [2.05, 4.69) is 26.2 Å². The molecule has 0 aromatic carbocycles. The SMILES string of the molecule is Cc1nc(CCNC(=O)c2ccc(Br)o2)cs1. The minimum absolute atomic E-state index is 0.206. The predicted octanol–water partition coefficient (Wildman–Crippen LogP) is 2.78. The van der Waals surface area contributed by atoms with Crippen LogP contribution in [0, 0.1) is 6.92 Å². The summed E-state index contributed by atoms with van der Waals surface area (Å²) in [4.78, 5) is 15.9. The maximum atomic E-state index is 11.6. The van der Waals surface area contributed by atoms with Crippen LogP contribution in [0.1, 0.15) is 21.3 Å². The minimum Gasteiger partial charge on any atom is -0.444 e. The molecule has 2 aromatic heterocycles. The Kier molecular flexibility index (Phi) is 3.96. The van der Waals surface area contributed by atoms with E-state index in [0.29, 0.717) is 17.0 Å². The molecule has 0 atom stereocenters. The van der Waals surface area contributed by atoms with Crippen molar-refractivity contribution in [2.45, 2.75) is 13.3 Å². The van der Waals surface area contributed by atoms with Gasteiger partial charge in [-0.3, -0.25) is 4.79 Å². The van der Waals surface area contributed by atoms with Gasteiger partial charge in [-0.05, 0) is 35.0 Å². The van der Waals surface area contributed by atoms with Crippen molar-refractivity contribution in [1.82, 2.24) is 10.3 Å². The number of thiazole rings is 1. The van der Waals surface area contributed by atoms with Crippen molar-refractivity contribution in [2.24, 2.45) is 0 Å². The zero-order valence-electron chi connectivity index (χ0n) is 9.20. The highest BCUT2D eigenvalue weighted by Crippen LogP contribution is 2.13. The Hall–Kier alpha value is -1.14. The summed E-state index contributed by atoms with van der Waals surface area (Å²) in [6.07, 6.45) is 0.734. The van der Waals surface area contributed by atoms with E-state index in [-0.39, 0.29) is 5.91 Å². The van der Waals surface area contributed by atoms with Crippen LogP contribution in [0.4, 0.5) is 0 Å². The van der Waals surface area contributed by atoms with Gasteiger partial charge in [0.15, 0.2) is 10.4 Å². The number of aryl methyl sites for hydroxylation is 1. The highest BCUT2D eigenvalue weighted by atomic mass is 79.9. The monoisotopic (exact) mass is 314 g/mol. The van der Waals surface area contributed by atoms with Gasteiger partial charge in [0.05, 0.1) is 10.7 Å². The molecule has 2 heterocycles. The summed E-state index contributed by atoms with van der Waals surface area (Å²) in [5.41, 5.74) is 1.01. The number of rotatable bonds is 4. The van der Waals surface area contributed by atoms with E-state index in [1.807, 2.05) is 12.3 Å². The van der Waals surface area contributed by atoms with Crippen LogP contribution in [0.5, 0.6) is 0 Å². The van der Waals surface area contributed by atoms with E-state index in [9.17, 15) is 4.79 Å². The molecule has 0 unspecified atom stereocenters. The number of furan rings is 1. The van der Waals surface area contributed by atoms with Crippen molar-refractivity contribution in [1.29, 1.82) is 0 Å². The van der Waals surface area contributed by atoms with Crippen molar-refractivity contribution >= 4 is 33.2 Å². The van der Waals surface area contributed by atoms with Crippen molar-refractivity contribution in [3.8, 4) is 0 Å². The summed E-state index contributed by atoms with van der Waals surface area (Å²) < 4.78 is 5.70. The fourth-order valence-electron chi connectivity index (χ4n) is 1.35. The van der Waals surface area contributed by atoms with Crippen LogP contribution < -0.4 is 5.32 Å². The van der Waals surface area contributed by atoms with Gasteiger partial charge in [0, 0.05) is 18.3 Å². The van der Waals surface area contributed by atoms with Crippen molar-refractivity contribution in [2.75, 3.05) is 6.54 Å². The number of carbonyl (C=O) groups is 1. The summed E-state index contributed by atoms with van der Waals surface area (Å²) in [6, 6.07) is 3.32. The molecule has 2 aromatic rings. The molecule has 0 saturated heterocycles. The lowest BCUT2D eigenvalue weighted by atomic mass is 10.3. The number of hydrogen-bond acceptors (Lipinski definition) is 4. The van der Waals surface area contributed by atoms with E-state index in [4.69, 9.17) is 4.42 Å². The quantitative estimate of drug-likeness (QED) is 0.944. The van der Waals surface area contributed by atoms with E-state index in [0.717, 1.165) is 17.1 Å². The average molecular weight is 315 g/mol. The Morgan fingerprint density at radius 1 is 1.59 bits per heavy atom. The molecule has 0 spiro atoms. The second-order valence-corrected chi connectivity index (χ2v) is 5.31. The average Bonchev–Trinajstić information content (AvgIpc) is 2.88. The number of amides is 1. The van der Waals surface area contributed by atoms with Gasteiger partial charge < -0.3 is 9.73 Å². The lowest BCUT2D eigenvalue weighted by Crippen LogP contribution is -2.25. The molecule has 0 fully saturated rings. The van der Waals surface area contributed by atoms with Crippen LogP contribution in [0.2, 0.25) is 0 Å². The molecule has 0 aliphatic carbocycles. The lowest BCUT2D eigenvalue weighted by Gasteiger charge is -2.00. The first-order valence-corrected chi connectivity index (χ1v) is 6.77. The first-order valence-electron chi connectivity index (χ1n) is 5.09. The topological polar surface area (TPSA) is 55.1 Å². The summed E-state index contributed by atoms with van der Waals surface area (Å²) in [6.45, 7) is 2.52. The standard InChI is InChI=1S/C11H11BrN2O2S/c1-7-14-8(6-17-7)4-5-13-11(15)9-2-3-10(12)16-9/h2-3,6H,4-5H2,1H3,(H,13,15). The van der Waals surface area contributed by atoms with Crippen LogP contribution in [-0.4, -0.2) is 17.4 Å². The predicted molar refractivity (Wildman–Crippen MR) is 69.3 cm³/mol. The lowest BCUT2D eigenvalue weighted by molar-refractivity contribution is 0.0925. The van der Waals surface area contributed by atoms with Crippen LogP contribution >= 0.6 is 27.3 Å². The van der Waals surface area contributed by atoms with Gasteiger partial charge in [0.1, 0.15) is 0 Å². The molecule has 1 amide bonds. The van der Waals surface area contributed by atoms with Gasteiger partial charge in [0.2, 0.25) is 0 Å². The van der Waals surface area contributed by atoms with Crippen molar-refractivity contribution < 1.29 is 9.21 Å². The molecule has 0 aliphatic heterocycles. The molecule has 4 nitrogen and oxygen atoms in total. The maximum absolute atomic E-state index is 11.6. The molecule has 2 rings (SSSR count). The number of nitrogens with zero attached hydrogens (tertiary/aromatic N) is 1. The first kappa shape index (κ1) is 12.3. The van der Waals surface area contributed by atoms with E-state index in [1.54, 1.807) is 23.5 Å². The normalized spacial score (nSPS) is 10.5. The van der Waals surface area contributed by atoms with Gasteiger partial charge in [0.25, 0.3) is 5.91 Å². The summed E-state index contributed by atoms with van der Waals surface area (Å²) >= 11 is 4.77. The molecule has 0 saturated carbocycles. The van der Waals surface area contributed by atoms with E-state index < -0.39 is 0 Å². The Morgan fingerprint density at radius 2 is 2.41 bits per heavy atom. The highest BCUT2D eigenvalue weighted by molar-refractivity contribution is 9.10. The van der Waals surface area contributed by atoms with Crippen molar-refractivity contribution in [3.05, 3.63) is 38.6 Å². The molecule has 0 radical (unpaired) electrons. The molecule has 17 heavy (non-hydrogen) atoms. The van der Waals surface area contributed by atoms with Gasteiger partial charge in [-0.2, -0.15) is 0 Å². The fraction of sp³-hybridized carbons (Fsp3) is 0.273. The molecular formula is C11H11BrN2O2S. The molecular weight excluding hydrogens is 304 g/mol. The third-order valence-electron chi connectivity index (χ3n) is 2.13. The zero-order chi connectivity index (χ0) is 12.3. The van der Waals surface area contributed by atoms with Crippen LogP contribution in [-0.2, 0) is 6.42 Å². The molecule has 90 valence electrons. The Bertz CT molecular complexity index is 521. The summed E-state index contributed by atoms with van der Waals surface area (Å²) in [7, 11) is 0. The molecule has 0 aliphatic rings. The number of hydrogen-bond donors (Lipinski definition) is 1. The summed E-state index contributed by atoms with van der Waals surface area (Å²) in [5.74, 6) is 0.106. The molecule has 6 heteroatoms. The second-order valence-electron chi connectivity index (χ2n) is 3.47. The Morgan fingerprint density at radius 3 is 3.00 bits per heavy atom. The van der Waals surface area contributed by atoms with Gasteiger partial charge in [-0.15, -0.1) is 11.3 Å². The minimum atomic E-state index is -0.206. The smallest absolute Gasteiger partial charge is 0.287 e. The Labute approximate surface area is 111 Å². The number of halogens is 1. The molecule has 1 N–H and O–H groups in total. The van der Waals surface area contributed by atoms with E-state index in [1.165, 1.54) is 0 Å². The maximum Gasteiger partial charge on any atom is 0.287 e. The second kappa shape index (κ2) is 5.46. The largest absolute Gasteiger partial charge is 0.444 e. The van der Waals surface area contributed by atoms with Crippen molar-refractivity contribution in [3.63, 3.8) is 0 Å². The Balaban J connectivity index is 1.81. The third-order valence-corrected chi connectivity index (χ3v) is 3.38. The van der Waals surface area contributed by atoms with Gasteiger partial charge >= 0.3 is 0 Å². The number of aromatic nitrogens is 1. The highest BCUT2D eigenvalue weighted by Gasteiger charge is 2.09. The van der Waals surface area contributed by atoms with Crippen LogP contribution in [0.3, 0.4) is 0 Å². The molecule has 0 bridgehead atoms.